The van der Waals surface area contributed by atoms with E-state index in [0.717, 1.165) is 16.9 Å². The quantitative estimate of drug-likeness (QED) is 0.396. The summed E-state index contributed by atoms with van der Waals surface area (Å²) in [6.07, 6.45) is 1.94. The van der Waals surface area contributed by atoms with Gasteiger partial charge in [0.1, 0.15) is 11.6 Å². The molecule has 5 nitrogen and oxygen atoms in total. The summed E-state index contributed by atoms with van der Waals surface area (Å²) in [6.45, 7) is 0. The second-order valence-electron chi connectivity index (χ2n) is 6.66. The van der Waals surface area contributed by atoms with Crippen LogP contribution in [0.15, 0.2) is 90.2 Å². The van der Waals surface area contributed by atoms with E-state index < -0.39 is 0 Å². The molecule has 1 aromatic heterocycles. The highest BCUT2D eigenvalue weighted by Gasteiger charge is 2.16. The van der Waals surface area contributed by atoms with Gasteiger partial charge in [0, 0.05) is 17.4 Å². The summed E-state index contributed by atoms with van der Waals surface area (Å²) in [7, 11) is 1.62. The van der Waals surface area contributed by atoms with E-state index in [9.17, 15) is 9.18 Å². The van der Waals surface area contributed by atoms with Crippen LogP contribution in [0, 0.1) is 5.82 Å². The molecular formula is C24H20FN3O2S. The van der Waals surface area contributed by atoms with E-state index in [-0.39, 0.29) is 17.5 Å². The zero-order valence-corrected chi connectivity index (χ0v) is 17.6. The number of carbonyl (C=O) groups excluding carboxylic acids is 1. The van der Waals surface area contributed by atoms with Crippen LogP contribution < -0.4 is 10.1 Å². The van der Waals surface area contributed by atoms with Gasteiger partial charge in [-0.3, -0.25) is 9.36 Å². The number of halogens is 1. The number of amides is 1. The van der Waals surface area contributed by atoms with Crippen molar-refractivity contribution >= 4 is 23.4 Å². The van der Waals surface area contributed by atoms with Gasteiger partial charge in [-0.15, -0.1) is 0 Å². The zero-order valence-electron chi connectivity index (χ0n) is 16.8. The molecule has 0 saturated heterocycles. The van der Waals surface area contributed by atoms with Crippen molar-refractivity contribution in [3.8, 4) is 22.7 Å². The number of hydrogen-bond donors (Lipinski definition) is 1. The molecule has 0 aliphatic carbocycles. The van der Waals surface area contributed by atoms with Gasteiger partial charge >= 0.3 is 0 Å². The summed E-state index contributed by atoms with van der Waals surface area (Å²) in [5, 5.41) is 3.44. The molecule has 31 heavy (non-hydrogen) atoms. The van der Waals surface area contributed by atoms with Gasteiger partial charge < -0.3 is 10.1 Å². The Morgan fingerprint density at radius 2 is 1.74 bits per heavy atom. The highest BCUT2D eigenvalue weighted by Crippen LogP contribution is 2.31. The summed E-state index contributed by atoms with van der Waals surface area (Å²) in [4.78, 5) is 17.2. The van der Waals surface area contributed by atoms with Crippen molar-refractivity contribution in [1.82, 2.24) is 9.55 Å². The van der Waals surface area contributed by atoms with Crippen molar-refractivity contribution in [1.29, 1.82) is 0 Å². The first-order valence-corrected chi connectivity index (χ1v) is 10.6. The van der Waals surface area contributed by atoms with Crippen molar-refractivity contribution in [2.75, 3.05) is 18.2 Å². The Kier molecular flexibility index (Phi) is 6.33. The van der Waals surface area contributed by atoms with Crippen LogP contribution >= 0.6 is 11.8 Å². The molecule has 0 aliphatic rings. The topological polar surface area (TPSA) is 56.2 Å². The molecule has 0 fully saturated rings. The van der Waals surface area contributed by atoms with Gasteiger partial charge in [-0.05, 0) is 36.4 Å². The number of benzene rings is 3. The average molecular weight is 434 g/mol. The molecule has 156 valence electrons. The molecule has 0 aliphatic heterocycles. The molecule has 1 amide bonds. The van der Waals surface area contributed by atoms with Crippen molar-refractivity contribution < 1.29 is 13.9 Å². The largest absolute Gasteiger partial charge is 0.495 e. The molecular weight excluding hydrogens is 413 g/mol. The Hall–Kier alpha value is -3.58. The number of rotatable bonds is 7. The molecule has 0 radical (unpaired) electrons. The van der Waals surface area contributed by atoms with Crippen molar-refractivity contribution in [2.24, 2.45) is 0 Å². The van der Waals surface area contributed by atoms with Crippen LogP contribution in [0.5, 0.6) is 5.75 Å². The van der Waals surface area contributed by atoms with E-state index in [2.05, 4.69) is 5.32 Å². The van der Waals surface area contributed by atoms with E-state index >= 15 is 0 Å². The predicted octanol–water partition coefficient (Wildman–Crippen LogP) is 5.42. The number of methoxy groups -OCH3 is 1. The average Bonchev–Trinajstić information content (AvgIpc) is 3.24. The molecule has 7 heteroatoms. The Bertz CT molecular complexity index is 1180. The van der Waals surface area contributed by atoms with Crippen LogP contribution in [0.4, 0.5) is 10.1 Å². The first kappa shape index (κ1) is 20.7. The Labute approximate surface area is 183 Å². The SMILES string of the molecule is COc1ccccc1-n1cc(-c2ccccc2)nc1SCC(=O)Nc1ccc(F)cc1. The minimum Gasteiger partial charge on any atom is -0.495 e. The van der Waals surface area contributed by atoms with Gasteiger partial charge in [0.05, 0.1) is 24.2 Å². The molecule has 1 N–H and O–H groups in total. The fourth-order valence-corrected chi connectivity index (χ4v) is 3.86. The standard InChI is InChI=1S/C24H20FN3O2S/c1-30-22-10-6-5-9-21(22)28-15-20(17-7-3-2-4-8-17)27-24(28)31-16-23(29)26-19-13-11-18(25)12-14-19/h2-15H,16H2,1H3,(H,26,29). The maximum atomic E-state index is 13.1. The fourth-order valence-electron chi connectivity index (χ4n) is 3.07. The lowest BCUT2D eigenvalue weighted by Gasteiger charge is -2.11. The normalized spacial score (nSPS) is 10.6. The van der Waals surface area contributed by atoms with E-state index in [1.807, 2.05) is 65.4 Å². The van der Waals surface area contributed by atoms with Gasteiger partial charge in [0.2, 0.25) is 5.91 Å². The highest BCUT2D eigenvalue weighted by molar-refractivity contribution is 7.99. The number of ether oxygens (including phenoxy) is 1. The minimum atomic E-state index is -0.348. The molecule has 0 saturated carbocycles. The van der Waals surface area contributed by atoms with Crippen molar-refractivity contribution in [3.63, 3.8) is 0 Å². The third-order valence-electron chi connectivity index (χ3n) is 4.55. The van der Waals surface area contributed by atoms with E-state index in [0.29, 0.717) is 16.6 Å². The number of aromatic nitrogens is 2. The van der Waals surface area contributed by atoms with Gasteiger partial charge in [-0.25, -0.2) is 9.37 Å². The minimum absolute atomic E-state index is 0.151. The maximum Gasteiger partial charge on any atom is 0.234 e. The molecule has 0 spiro atoms. The number of carbonyl (C=O) groups is 1. The third-order valence-corrected chi connectivity index (χ3v) is 5.50. The zero-order chi connectivity index (χ0) is 21.6. The van der Waals surface area contributed by atoms with Crippen LogP contribution in [0.2, 0.25) is 0 Å². The summed E-state index contributed by atoms with van der Waals surface area (Å²) in [6, 6.07) is 23.2. The van der Waals surface area contributed by atoms with E-state index in [4.69, 9.17) is 9.72 Å². The van der Waals surface area contributed by atoms with Crippen molar-refractivity contribution in [2.45, 2.75) is 5.16 Å². The number of nitrogens with one attached hydrogen (secondary N) is 1. The van der Waals surface area contributed by atoms with Gasteiger partial charge in [-0.1, -0.05) is 54.2 Å². The lowest BCUT2D eigenvalue weighted by Crippen LogP contribution is -2.14. The number of imidazole rings is 1. The summed E-state index contributed by atoms with van der Waals surface area (Å²) < 4.78 is 20.5. The Balaban J connectivity index is 1.60. The van der Waals surface area contributed by atoms with E-state index in [1.54, 1.807) is 7.11 Å². The van der Waals surface area contributed by atoms with Gasteiger partial charge in [-0.2, -0.15) is 0 Å². The number of anilines is 1. The lowest BCUT2D eigenvalue weighted by molar-refractivity contribution is -0.113. The van der Waals surface area contributed by atoms with Gasteiger partial charge in [0.25, 0.3) is 0 Å². The summed E-state index contributed by atoms with van der Waals surface area (Å²) in [5.41, 5.74) is 3.16. The molecule has 4 rings (SSSR count). The fraction of sp³-hybridized carbons (Fsp3) is 0.0833. The molecule has 0 bridgehead atoms. The first-order chi connectivity index (χ1) is 15.1. The van der Waals surface area contributed by atoms with Crippen molar-refractivity contribution in [3.05, 3.63) is 90.9 Å². The van der Waals surface area contributed by atoms with Crippen LogP contribution in [0.1, 0.15) is 0 Å². The summed E-state index contributed by atoms with van der Waals surface area (Å²) in [5.74, 6) is 0.307. The first-order valence-electron chi connectivity index (χ1n) is 9.60. The number of para-hydroxylation sites is 2. The Morgan fingerprint density at radius 1 is 1.03 bits per heavy atom. The predicted molar refractivity (Wildman–Crippen MR) is 121 cm³/mol. The number of thioether (sulfide) groups is 1. The van der Waals surface area contributed by atoms with Crippen LogP contribution in [0.25, 0.3) is 16.9 Å². The maximum absolute atomic E-state index is 13.1. The second kappa shape index (κ2) is 9.49. The van der Waals surface area contributed by atoms with Gasteiger partial charge in [0.15, 0.2) is 5.16 Å². The second-order valence-corrected chi connectivity index (χ2v) is 7.60. The number of hydrogen-bond acceptors (Lipinski definition) is 4. The van der Waals surface area contributed by atoms with Crippen LogP contribution in [0.3, 0.4) is 0 Å². The monoisotopic (exact) mass is 433 g/mol. The molecule has 1 heterocycles. The Morgan fingerprint density at radius 3 is 2.48 bits per heavy atom. The molecule has 4 aromatic rings. The lowest BCUT2D eigenvalue weighted by atomic mass is 10.2. The smallest absolute Gasteiger partial charge is 0.234 e. The molecule has 0 unspecified atom stereocenters. The summed E-state index contributed by atoms with van der Waals surface area (Å²) >= 11 is 1.32. The molecule has 0 atom stereocenters. The highest BCUT2D eigenvalue weighted by atomic mass is 32.2. The van der Waals surface area contributed by atoms with E-state index in [1.165, 1.54) is 36.0 Å². The molecule has 3 aromatic carbocycles. The number of nitrogens with zero attached hydrogens (tertiary/aromatic N) is 2. The third kappa shape index (κ3) is 4.95. The van der Waals surface area contributed by atoms with Crippen LogP contribution in [-0.2, 0) is 4.79 Å². The van der Waals surface area contributed by atoms with Crippen LogP contribution in [-0.4, -0.2) is 28.3 Å².